The van der Waals surface area contributed by atoms with Crippen molar-refractivity contribution in [3.63, 3.8) is 0 Å². The maximum absolute atomic E-state index is 10.2. The van der Waals surface area contributed by atoms with Crippen molar-refractivity contribution in [2.75, 3.05) is 0 Å². The van der Waals surface area contributed by atoms with E-state index in [9.17, 15) is 14.4 Å². The van der Waals surface area contributed by atoms with Crippen molar-refractivity contribution >= 4 is 24.8 Å². The Bertz CT molecular complexity index is 294. The molecule has 1 rings (SSSR count). The van der Waals surface area contributed by atoms with E-state index in [1.807, 2.05) is 0 Å². The molecule has 0 radical (unpaired) electrons. The zero-order valence-corrected chi connectivity index (χ0v) is 9.67. The van der Waals surface area contributed by atoms with E-state index in [0.717, 1.165) is 0 Å². The first kappa shape index (κ1) is 17.9. The molecule has 0 atom stereocenters. The topological polar surface area (TPSA) is 98.6 Å². The van der Waals surface area contributed by atoms with Gasteiger partial charge < -0.3 is 1.43 Å². The van der Waals surface area contributed by atoms with Crippen LogP contribution in [0, 0.1) is 0 Å². The third kappa shape index (κ3) is 5.62. The van der Waals surface area contributed by atoms with Crippen LogP contribution in [0.25, 0.3) is 0 Å². The van der Waals surface area contributed by atoms with Gasteiger partial charge in [-0.3, -0.25) is 15.0 Å². The van der Waals surface area contributed by atoms with Gasteiger partial charge in [0.15, 0.2) is 0 Å². The number of aromatic amines is 3. The summed E-state index contributed by atoms with van der Waals surface area (Å²) < 4.78 is 0. The molecule has 0 saturated heterocycles. The van der Waals surface area contributed by atoms with Crippen LogP contribution in [0.2, 0.25) is 0 Å². The van der Waals surface area contributed by atoms with E-state index in [-0.39, 0.29) is 55.8 Å². The first-order chi connectivity index (χ1) is 4.18. The van der Waals surface area contributed by atoms with Gasteiger partial charge >= 0.3 is 46.6 Å². The van der Waals surface area contributed by atoms with Crippen molar-refractivity contribution < 1.29 is 31.0 Å². The Labute approximate surface area is 102 Å². The van der Waals surface area contributed by atoms with Crippen LogP contribution in [-0.2, 0) is 0 Å². The third-order valence-corrected chi connectivity index (χ3v) is 0.681. The van der Waals surface area contributed by atoms with E-state index in [0.29, 0.717) is 0 Å². The Morgan fingerprint density at radius 3 is 1.08 bits per heavy atom. The van der Waals surface area contributed by atoms with E-state index >= 15 is 0 Å². The molecular weight excluding hydrogens is 220 g/mol. The minimum atomic E-state index is -0.802. The maximum Gasteiger partial charge on any atom is 1.00 e. The van der Waals surface area contributed by atoms with Gasteiger partial charge in [0.25, 0.3) is 0 Å². The monoisotopic (exact) mass is 225 g/mol. The summed E-state index contributed by atoms with van der Waals surface area (Å²) in [6.07, 6.45) is 0. The summed E-state index contributed by atoms with van der Waals surface area (Å²) in [4.78, 5) is 35.9. The summed E-state index contributed by atoms with van der Waals surface area (Å²) in [5.74, 6) is 0. The van der Waals surface area contributed by atoms with Crippen LogP contribution >= 0.6 is 24.8 Å². The van der Waals surface area contributed by atoms with Gasteiger partial charge in [0.05, 0.1) is 0 Å². The van der Waals surface area contributed by atoms with Crippen molar-refractivity contribution in [2.45, 2.75) is 0 Å². The van der Waals surface area contributed by atoms with E-state index in [4.69, 9.17) is 0 Å². The van der Waals surface area contributed by atoms with Gasteiger partial charge in [-0.1, -0.05) is 0 Å². The van der Waals surface area contributed by atoms with Gasteiger partial charge in [0, 0.05) is 0 Å². The molecule has 0 unspecified atom stereocenters. The largest absolute Gasteiger partial charge is 1.00 e. The molecule has 0 spiro atoms. The number of aromatic nitrogens is 3. The molecule has 0 bridgehead atoms. The summed E-state index contributed by atoms with van der Waals surface area (Å²) in [7, 11) is 0. The molecule has 0 aromatic carbocycles. The Balaban J connectivity index is -0.000000101. The summed E-state index contributed by atoms with van der Waals surface area (Å²) in [5.41, 5.74) is -2.41. The molecule has 6 nitrogen and oxygen atoms in total. The van der Waals surface area contributed by atoms with Crippen molar-refractivity contribution in [2.24, 2.45) is 0 Å². The zero-order valence-electron chi connectivity index (χ0n) is 7.04. The van der Waals surface area contributed by atoms with Crippen molar-refractivity contribution in [3.05, 3.63) is 31.5 Å². The van der Waals surface area contributed by atoms with Gasteiger partial charge in [-0.25, -0.2) is 14.4 Å². The molecule has 1 aromatic rings. The van der Waals surface area contributed by atoms with Gasteiger partial charge in [-0.05, 0) is 0 Å². The van der Waals surface area contributed by atoms with Gasteiger partial charge in [0.2, 0.25) is 0 Å². The average Bonchev–Trinajstić information content (AvgIpc) is 1.59. The molecule has 12 heavy (non-hydrogen) atoms. The molecule has 1 heterocycles. The zero-order chi connectivity index (χ0) is 6.85. The predicted molar refractivity (Wildman–Crippen MR) is 43.9 cm³/mol. The molecule has 66 valence electrons. The Morgan fingerprint density at radius 2 is 0.917 bits per heavy atom. The average molecular weight is 226 g/mol. The van der Waals surface area contributed by atoms with Crippen LogP contribution in [-0.4, -0.2) is 15.0 Å². The molecule has 0 aliphatic carbocycles. The van der Waals surface area contributed by atoms with E-state index < -0.39 is 17.1 Å². The van der Waals surface area contributed by atoms with Gasteiger partial charge in [-0.15, -0.1) is 24.8 Å². The van der Waals surface area contributed by atoms with Crippen LogP contribution in [0.5, 0.6) is 0 Å². The van der Waals surface area contributed by atoms with E-state index in [1.165, 1.54) is 0 Å². The number of halogens is 2. The summed E-state index contributed by atoms with van der Waals surface area (Å²) in [6.45, 7) is 0. The molecule has 0 amide bonds. The smallest absolute Gasteiger partial charge is 1.00 e. The number of nitrogens with one attached hydrogen (secondary N) is 3. The normalized spacial score (nSPS) is 7.00. The van der Waals surface area contributed by atoms with Crippen molar-refractivity contribution in [1.29, 1.82) is 0 Å². The number of hydrogen-bond acceptors (Lipinski definition) is 3. The minimum absolute atomic E-state index is 0. The molecule has 0 aliphatic rings. The van der Waals surface area contributed by atoms with Crippen molar-refractivity contribution in [1.82, 2.24) is 15.0 Å². The second kappa shape index (κ2) is 7.63. The number of rotatable bonds is 0. The van der Waals surface area contributed by atoms with E-state index in [1.54, 1.807) is 15.0 Å². The second-order valence-corrected chi connectivity index (χ2v) is 1.36. The fourth-order valence-electron chi connectivity index (χ4n) is 0.403. The quantitative estimate of drug-likeness (QED) is 0.390. The predicted octanol–water partition coefficient (Wildman–Crippen LogP) is -4.29. The standard InChI is InChI=1S/C3H3N3O3.2ClH.Na.H/c7-1-4-2(8)6-3(9)5-1;;;;/h(H3,4,5,6,7,8,9);2*1H;;/q;;;+1;-1. The van der Waals surface area contributed by atoms with Crippen LogP contribution < -0.4 is 46.6 Å². The molecule has 0 saturated carbocycles. The first-order valence-corrected chi connectivity index (χ1v) is 2.11. The SMILES string of the molecule is Cl.Cl.O=c1[nH]c(=O)[nH]c(=O)[nH]1.[H-].[Na+]. The summed E-state index contributed by atoms with van der Waals surface area (Å²) in [5, 5.41) is 0. The van der Waals surface area contributed by atoms with Gasteiger partial charge in [-0.2, -0.15) is 0 Å². The van der Waals surface area contributed by atoms with Crippen LogP contribution in [0.1, 0.15) is 1.43 Å². The fraction of sp³-hybridized carbons (Fsp3) is 0. The summed E-state index contributed by atoms with van der Waals surface area (Å²) >= 11 is 0. The van der Waals surface area contributed by atoms with Crippen LogP contribution in [0.15, 0.2) is 14.4 Å². The molecular formula is C3H6Cl2N3NaO3. The summed E-state index contributed by atoms with van der Waals surface area (Å²) in [6, 6.07) is 0. The second-order valence-electron chi connectivity index (χ2n) is 1.36. The maximum atomic E-state index is 10.2. The number of H-pyrrole nitrogens is 3. The van der Waals surface area contributed by atoms with Crippen molar-refractivity contribution in [3.8, 4) is 0 Å². The molecule has 3 N–H and O–H groups in total. The Kier molecular flexibility index (Phi) is 11.4. The molecule has 0 fully saturated rings. The Morgan fingerprint density at radius 1 is 0.750 bits per heavy atom. The van der Waals surface area contributed by atoms with Gasteiger partial charge in [0.1, 0.15) is 0 Å². The van der Waals surface area contributed by atoms with E-state index in [2.05, 4.69) is 0 Å². The Hall–Kier alpha value is -0.0100. The number of hydrogen-bond donors (Lipinski definition) is 3. The fourth-order valence-corrected chi connectivity index (χ4v) is 0.403. The molecule has 9 heteroatoms. The minimum Gasteiger partial charge on any atom is -1.00 e. The molecule has 0 aliphatic heterocycles. The first-order valence-electron chi connectivity index (χ1n) is 2.11. The third-order valence-electron chi connectivity index (χ3n) is 0.681. The van der Waals surface area contributed by atoms with Crippen LogP contribution in [0.3, 0.4) is 0 Å². The molecule has 1 aromatic heterocycles. The van der Waals surface area contributed by atoms with Crippen LogP contribution in [0.4, 0.5) is 0 Å².